The maximum atomic E-state index is 9.10. The molecule has 4 rings (SSSR count). The van der Waals surface area contributed by atoms with Gasteiger partial charge < -0.3 is 4.90 Å². The Balaban J connectivity index is 1.67. The predicted molar refractivity (Wildman–Crippen MR) is 128 cm³/mol. The van der Waals surface area contributed by atoms with E-state index in [9.17, 15) is 0 Å². The zero-order chi connectivity index (χ0) is 21.8. The van der Waals surface area contributed by atoms with Gasteiger partial charge in [0.05, 0.1) is 29.2 Å². The Kier molecular flexibility index (Phi) is 6.73. The number of aromatic nitrogens is 2. The first-order valence-corrected chi connectivity index (χ1v) is 11.1. The summed E-state index contributed by atoms with van der Waals surface area (Å²) < 4.78 is 4.47. The molecule has 0 N–H and O–H groups in total. The number of nitrogens with zero attached hydrogens (tertiary/aromatic N) is 6. The number of benzene rings is 2. The maximum absolute atomic E-state index is 9.10. The zero-order valence-electron chi connectivity index (χ0n) is 17.5. The molecule has 3 aromatic rings. The Morgan fingerprint density at radius 1 is 0.935 bits per heavy atom. The highest BCUT2D eigenvalue weighted by Crippen LogP contribution is 2.32. The van der Waals surface area contributed by atoms with E-state index in [-0.39, 0.29) is 0 Å². The Morgan fingerprint density at radius 3 is 2.16 bits per heavy atom. The average molecular weight is 451 g/mol. The molecule has 0 unspecified atom stereocenters. The van der Waals surface area contributed by atoms with Crippen LogP contribution < -0.4 is 4.90 Å². The minimum absolute atomic E-state index is 0.620. The number of halogens is 1. The average Bonchev–Trinajstić information content (AvgIpc) is 2.79. The molecule has 1 aliphatic heterocycles. The number of hydrogen-bond acceptors (Lipinski definition) is 7. The van der Waals surface area contributed by atoms with Gasteiger partial charge in [-0.1, -0.05) is 35.9 Å². The minimum Gasteiger partial charge on any atom is -0.353 e. The van der Waals surface area contributed by atoms with Crippen LogP contribution in [0, 0.1) is 11.3 Å². The van der Waals surface area contributed by atoms with Crippen LogP contribution in [0.2, 0.25) is 5.02 Å². The van der Waals surface area contributed by atoms with Gasteiger partial charge in [0.25, 0.3) is 0 Å². The summed E-state index contributed by atoms with van der Waals surface area (Å²) in [6.45, 7) is 3.70. The van der Waals surface area contributed by atoms with Gasteiger partial charge in [-0.15, -0.1) is 0 Å². The lowest BCUT2D eigenvalue weighted by Gasteiger charge is -2.35. The van der Waals surface area contributed by atoms with E-state index >= 15 is 0 Å². The molecule has 6 nitrogen and oxygen atoms in total. The van der Waals surface area contributed by atoms with Crippen molar-refractivity contribution >= 4 is 29.6 Å². The van der Waals surface area contributed by atoms with Gasteiger partial charge in [0.15, 0.2) is 0 Å². The second-order valence-corrected chi connectivity index (χ2v) is 9.28. The van der Waals surface area contributed by atoms with Crippen molar-refractivity contribution in [3.8, 4) is 28.6 Å². The van der Waals surface area contributed by atoms with Crippen LogP contribution in [0.25, 0.3) is 22.5 Å². The van der Waals surface area contributed by atoms with E-state index in [0.717, 1.165) is 54.5 Å². The number of rotatable bonds is 5. The van der Waals surface area contributed by atoms with Gasteiger partial charge >= 0.3 is 0 Å². The summed E-state index contributed by atoms with van der Waals surface area (Å²) in [6, 6.07) is 17.3. The smallest absolute Gasteiger partial charge is 0.147 e. The predicted octanol–water partition coefficient (Wildman–Crippen LogP) is 4.58. The second-order valence-electron chi connectivity index (χ2n) is 7.43. The second kappa shape index (κ2) is 9.67. The Morgan fingerprint density at radius 2 is 1.55 bits per heavy atom. The van der Waals surface area contributed by atoms with Crippen molar-refractivity contribution < 1.29 is 0 Å². The molecule has 2 heterocycles. The van der Waals surface area contributed by atoms with Crippen LogP contribution in [0.1, 0.15) is 5.56 Å². The molecular weight excluding hydrogens is 428 g/mol. The highest BCUT2D eigenvalue weighted by atomic mass is 35.5. The van der Waals surface area contributed by atoms with Gasteiger partial charge in [0.1, 0.15) is 5.82 Å². The fourth-order valence-electron chi connectivity index (χ4n) is 3.48. The first-order chi connectivity index (χ1) is 15.0. The lowest BCUT2D eigenvalue weighted by Crippen LogP contribution is -2.44. The number of piperazine rings is 1. The molecule has 1 saturated heterocycles. The maximum Gasteiger partial charge on any atom is 0.147 e. The summed E-state index contributed by atoms with van der Waals surface area (Å²) in [4.78, 5) is 12.1. The molecule has 0 bridgehead atoms. The molecule has 0 saturated carbocycles. The van der Waals surface area contributed by atoms with Crippen LogP contribution in [0.3, 0.4) is 0 Å². The van der Waals surface area contributed by atoms with Crippen LogP contribution in [-0.2, 0) is 0 Å². The van der Waals surface area contributed by atoms with Gasteiger partial charge in [-0.05, 0) is 38.4 Å². The molecule has 0 aliphatic carbocycles. The monoisotopic (exact) mass is 450 g/mol. The fraction of sp³-hybridized carbons (Fsp3) is 0.261. The molecule has 31 heavy (non-hydrogen) atoms. The summed E-state index contributed by atoms with van der Waals surface area (Å²) in [5.41, 5.74) is 4.10. The van der Waals surface area contributed by atoms with Gasteiger partial charge in [-0.3, -0.25) is 4.98 Å². The standard InChI is InChI=1S/C23H23ClN6S/c1-28(2)31-30-13-11-29(12-14-30)21-16-26-22(18-5-3-17(15-25)4-6-18)23(27-21)19-7-9-20(24)10-8-19/h3-10,16H,11-14H2,1-2H3. The largest absolute Gasteiger partial charge is 0.353 e. The Hall–Kier alpha value is -2.63. The molecule has 0 spiro atoms. The van der Waals surface area contributed by atoms with Gasteiger partial charge in [0.2, 0.25) is 0 Å². The molecule has 1 aromatic heterocycles. The van der Waals surface area contributed by atoms with Crippen LogP contribution in [0.4, 0.5) is 5.82 Å². The van der Waals surface area contributed by atoms with Crippen molar-refractivity contribution in [2.75, 3.05) is 45.2 Å². The Bertz CT molecular complexity index is 1070. The van der Waals surface area contributed by atoms with Crippen LogP contribution >= 0.6 is 23.7 Å². The van der Waals surface area contributed by atoms with Gasteiger partial charge in [-0.25, -0.2) is 13.6 Å². The highest BCUT2D eigenvalue weighted by Gasteiger charge is 2.21. The third-order valence-electron chi connectivity index (χ3n) is 5.01. The topological polar surface area (TPSA) is 59.3 Å². The van der Waals surface area contributed by atoms with E-state index in [4.69, 9.17) is 26.8 Å². The van der Waals surface area contributed by atoms with Crippen molar-refractivity contribution in [1.29, 1.82) is 5.26 Å². The molecule has 158 valence electrons. The first-order valence-electron chi connectivity index (χ1n) is 10.0. The summed E-state index contributed by atoms with van der Waals surface area (Å²) in [5, 5.41) is 9.78. The van der Waals surface area contributed by atoms with Crippen molar-refractivity contribution in [3.63, 3.8) is 0 Å². The lowest BCUT2D eigenvalue weighted by molar-refractivity contribution is 0.414. The summed E-state index contributed by atoms with van der Waals surface area (Å²) in [6.07, 6.45) is 1.85. The molecule has 2 aromatic carbocycles. The SMILES string of the molecule is CN(C)SN1CCN(c2cnc(-c3ccc(C#N)cc3)c(-c3ccc(Cl)cc3)n2)CC1. The molecule has 1 aliphatic rings. The van der Waals surface area contributed by atoms with Crippen molar-refractivity contribution in [1.82, 2.24) is 18.6 Å². The van der Waals surface area contributed by atoms with Gasteiger partial charge in [0, 0.05) is 54.5 Å². The van der Waals surface area contributed by atoms with Crippen LogP contribution in [-0.4, -0.2) is 58.9 Å². The summed E-state index contributed by atoms with van der Waals surface area (Å²) in [5.74, 6) is 0.872. The number of hydrogen-bond donors (Lipinski definition) is 0. The van der Waals surface area contributed by atoms with E-state index < -0.39 is 0 Å². The van der Waals surface area contributed by atoms with E-state index in [1.807, 2.05) is 42.6 Å². The zero-order valence-corrected chi connectivity index (χ0v) is 19.1. The first kappa shape index (κ1) is 21.6. The molecule has 8 heteroatoms. The quantitative estimate of drug-likeness (QED) is 0.527. The molecule has 0 radical (unpaired) electrons. The van der Waals surface area contributed by atoms with Crippen molar-refractivity contribution in [2.24, 2.45) is 0 Å². The minimum atomic E-state index is 0.620. The van der Waals surface area contributed by atoms with E-state index in [2.05, 4.69) is 33.7 Å². The van der Waals surface area contributed by atoms with Crippen LogP contribution in [0.5, 0.6) is 0 Å². The third kappa shape index (κ3) is 5.17. The van der Waals surface area contributed by atoms with E-state index in [0.29, 0.717) is 10.6 Å². The van der Waals surface area contributed by atoms with E-state index in [1.54, 1.807) is 24.3 Å². The van der Waals surface area contributed by atoms with Crippen molar-refractivity contribution in [2.45, 2.75) is 0 Å². The normalized spacial score (nSPS) is 14.6. The van der Waals surface area contributed by atoms with Crippen LogP contribution in [0.15, 0.2) is 54.7 Å². The number of nitriles is 1. The molecular formula is C23H23ClN6S. The number of anilines is 1. The summed E-state index contributed by atoms with van der Waals surface area (Å²) >= 11 is 7.85. The van der Waals surface area contributed by atoms with E-state index in [1.165, 1.54) is 0 Å². The Labute approximate surface area is 192 Å². The fourth-order valence-corrected chi connectivity index (χ4v) is 4.40. The molecule has 0 amide bonds. The van der Waals surface area contributed by atoms with Crippen molar-refractivity contribution in [3.05, 3.63) is 65.3 Å². The highest BCUT2D eigenvalue weighted by molar-refractivity contribution is 7.94. The lowest BCUT2D eigenvalue weighted by atomic mass is 10.0. The van der Waals surface area contributed by atoms with Gasteiger partial charge in [-0.2, -0.15) is 5.26 Å². The molecule has 1 fully saturated rings. The third-order valence-corrected chi connectivity index (χ3v) is 6.18. The molecule has 0 atom stereocenters. The summed E-state index contributed by atoms with van der Waals surface area (Å²) in [7, 11) is 4.12.